The topological polar surface area (TPSA) is 237 Å². The Morgan fingerprint density at radius 3 is 0.557 bits per heavy atom. The number of aliphatic hydroxyl groups is 1. The molecule has 0 saturated heterocycles. The highest BCUT2D eigenvalue weighted by Crippen LogP contribution is 2.45. The van der Waals surface area contributed by atoms with E-state index in [1.807, 2.05) is 0 Å². The first-order chi connectivity index (χ1) is 51.7. The predicted molar refractivity (Wildman–Crippen MR) is 437 cm³/mol. The molecule has 0 saturated carbocycles. The maximum atomic E-state index is 13.1. The first kappa shape index (κ1) is 104. The Kier molecular flexibility index (Phi) is 79.6. The average Bonchev–Trinajstić information content (AvgIpc) is 0.904. The Balaban J connectivity index is 5.09. The van der Waals surface area contributed by atoms with Crippen molar-refractivity contribution in [3.05, 3.63) is 0 Å². The maximum Gasteiger partial charge on any atom is 0.472 e. The standard InChI is InChI=1S/C87H170O17P2/c1-5-9-13-17-20-23-26-29-32-35-38-40-42-44-47-50-53-56-59-62-66-70-74-87(92)104-83(78-98-85(90)72-68-64-60-57-54-51-48-46-43-41-39-36-33-30-27-24-21-18-14-10-6-2)80-102-106(95,96)100-76-81(88)75-99-105(93,94)101-79-82(77-97-84(89)71-67-63-16-12-8-4)103-86(91)73-69-65-61-58-55-52-49-45-37-34-31-28-25-22-19-15-11-7-3/h81-83,88H,5-80H2,1-4H3,(H,93,94)(H,95,96)/t81-,82+,83+/m0/s1. The molecule has 0 heterocycles. The summed E-state index contributed by atoms with van der Waals surface area (Å²) in [5.74, 6) is -2.11. The highest BCUT2D eigenvalue weighted by molar-refractivity contribution is 7.47. The molecule has 0 aromatic carbocycles. The molecule has 0 aliphatic heterocycles. The van der Waals surface area contributed by atoms with E-state index in [1.54, 1.807) is 0 Å². The molecular formula is C87H170O17P2. The van der Waals surface area contributed by atoms with Gasteiger partial charge in [0.15, 0.2) is 12.2 Å². The van der Waals surface area contributed by atoms with E-state index in [0.717, 1.165) is 96.3 Å². The molecule has 0 aliphatic carbocycles. The summed E-state index contributed by atoms with van der Waals surface area (Å²) in [7, 11) is -9.92. The summed E-state index contributed by atoms with van der Waals surface area (Å²) in [6.07, 6.45) is 77.1. The second-order valence-corrected chi connectivity index (χ2v) is 34.2. The quantitative estimate of drug-likeness (QED) is 0.0222. The summed E-state index contributed by atoms with van der Waals surface area (Å²) < 4.78 is 68.7. The van der Waals surface area contributed by atoms with Crippen LogP contribution >= 0.6 is 15.6 Å². The second-order valence-electron chi connectivity index (χ2n) is 31.3. The fourth-order valence-electron chi connectivity index (χ4n) is 13.7. The Morgan fingerprint density at radius 1 is 0.226 bits per heavy atom. The van der Waals surface area contributed by atoms with Crippen molar-refractivity contribution in [3.63, 3.8) is 0 Å². The van der Waals surface area contributed by atoms with Gasteiger partial charge >= 0.3 is 39.5 Å². The van der Waals surface area contributed by atoms with Gasteiger partial charge in [0.1, 0.15) is 19.3 Å². The summed E-state index contributed by atoms with van der Waals surface area (Å²) in [4.78, 5) is 72.9. The van der Waals surface area contributed by atoms with Gasteiger partial charge in [-0.3, -0.25) is 37.3 Å². The highest BCUT2D eigenvalue weighted by atomic mass is 31.2. The Bertz CT molecular complexity index is 2000. The van der Waals surface area contributed by atoms with Crippen molar-refractivity contribution in [1.29, 1.82) is 0 Å². The number of unbranched alkanes of at least 4 members (excludes halogenated alkanes) is 62. The van der Waals surface area contributed by atoms with Gasteiger partial charge in [0.25, 0.3) is 0 Å². The van der Waals surface area contributed by atoms with Crippen molar-refractivity contribution >= 4 is 39.5 Å². The summed E-state index contributed by atoms with van der Waals surface area (Å²) in [5, 5.41) is 10.6. The number of phosphoric ester groups is 2. The zero-order chi connectivity index (χ0) is 77.4. The lowest BCUT2D eigenvalue weighted by molar-refractivity contribution is -0.161. The van der Waals surface area contributed by atoms with Crippen LogP contribution in [0.25, 0.3) is 0 Å². The van der Waals surface area contributed by atoms with E-state index in [1.165, 1.54) is 302 Å². The van der Waals surface area contributed by atoms with Gasteiger partial charge in [0, 0.05) is 25.7 Å². The summed E-state index contributed by atoms with van der Waals surface area (Å²) in [6, 6.07) is 0. The van der Waals surface area contributed by atoms with E-state index in [2.05, 4.69) is 27.7 Å². The van der Waals surface area contributed by atoms with Gasteiger partial charge in [-0.15, -0.1) is 0 Å². The molecule has 17 nitrogen and oxygen atoms in total. The van der Waals surface area contributed by atoms with Crippen LogP contribution in [0.4, 0.5) is 0 Å². The normalized spacial score (nSPS) is 13.7. The van der Waals surface area contributed by atoms with Crippen LogP contribution in [0.15, 0.2) is 0 Å². The molecule has 0 aromatic rings. The molecule has 2 unspecified atom stereocenters. The molecule has 3 N–H and O–H groups in total. The molecule has 0 rings (SSSR count). The van der Waals surface area contributed by atoms with Crippen molar-refractivity contribution in [1.82, 2.24) is 0 Å². The third-order valence-electron chi connectivity index (χ3n) is 20.6. The molecule has 0 aromatic heterocycles. The lowest BCUT2D eigenvalue weighted by Gasteiger charge is -2.21. The van der Waals surface area contributed by atoms with Crippen molar-refractivity contribution in [2.45, 2.75) is 495 Å². The molecule has 630 valence electrons. The average molecular weight is 1550 g/mol. The van der Waals surface area contributed by atoms with E-state index in [-0.39, 0.29) is 25.7 Å². The molecule has 0 bridgehead atoms. The molecular weight excluding hydrogens is 1380 g/mol. The zero-order valence-corrected chi connectivity index (χ0v) is 71.2. The summed E-state index contributed by atoms with van der Waals surface area (Å²) >= 11 is 0. The van der Waals surface area contributed by atoms with E-state index >= 15 is 0 Å². The van der Waals surface area contributed by atoms with Crippen LogP contribution in [-0.2, 0) is 65.4 Å². The van der Waals surface area contributed by atoms with Gasteiger partial charge in [-0.1, -0.05) is 426 Å². The van der Waals surface area contributed by atoms with Crippen LogP contribution < -0.4 is 0 Å². The first-order valence-corrected chi connectivity index (χ1v) is 48.3. The maximum absolute atomic E-state index is 13.1. The van der Waals surface area contributed by atoms with Gasteiger partial charge in [-0.2, -0.15) is 0 Å². The zero-order valence-electron chi connectivity index (χ0n) is 69.4. The van der Waals surface area contributed by atoms with Crippen LogP contribution in [0.1, 0.15) is 477 Å². The predicted octanol–water partition coefficient (Wildman–Crippen LogP) is 26.9. The fraction of sp³-hybridized carbons (Fsp3) is 0.954. The first-order valence-electron chi connectivity index (χ1n) is 45.3. The Hall–Kier alpha value is -1.94. The van der Waals surface area contributed by atoms with Crippen molar-refractivity contribution in [2.24, 2.45) is 0 Å². The van der Waals surface area contributed by atoms with Gasteiger partial charge in [0.05, 0.1) is 26.4 Å². The number of phosphoric acid groups is 2. The lowest BCUT2D eigenvalue weighted by atomic mass is 10.0. The number of carbonyl (C=O) groups is 4. The van der Waals surface area contributed by atoms with Crippen LogP contribution in [0.3, 0.4) is 0 Å². The number of aliphatic hydroxyl groups excluding tert-OH is 1. The van der Waals surface area contributed by atoms with Crippen LogP contribution in [0.2, 0.25) is 0 Å². The second kappa shape index (κ2) is 81.1. The molecule has 0 amide bonds. The van der Waals surface area contributed by atoms with E-state index in [4.69, 9.17) is 37.0 Å². The summed E-state index contributed by atoms with van der Waals surface area (Å²) in [6.45, 7) is 4.97. The van der Waals surface area contributed by atoms with Crippen molar-refractivity contribution in [2.75, 3.05) is 39.6 Å². The molecule has 0 radical (unpaired) electrons. The Morgan fingerprint density at radius 2 is 0.377 bits per heavy atom. The smallest absolute Gasteiger partial charge is 0.462 e. The fourth-order valence-corrected chi connectivity index (χ4v) is 15.3. The molecule has 0 spiro atoms. The van der Waals surface area contributed by atoms with Gasteiger partial charge < -0.3 is 33.8 Å². The monoisotopic (exact) mass is 1550 g/mol. The van der Waals surface area contributed by atoms with Crippen LogP contribution in [0.5, 0.6) is 0 Å². The minimum absolute atomic E-state index is 0.108. The van der Waals surface area contributed by atoms with Crippen molar-refractivity contribution in [3.8, 4) is 0 Å². The third kappa shape index (κ3) is 80.1. The van der Waals surface area contributed by atoms with Crippen molar-refractivity contribution < 1.29 is 80.2 Å². The number of rotatable bonds is 88. The number of hydrogen-bond acceptors (Lipinski definition) is 15. The number of hydrogen-bond donors (Lipinski definition) is 3. The minimum atomic E-state index is -4.96. The number of ether oxygens (including phenoxy) is 4. The highest BCUT2D eigenvalue weighted by Gasteiger charge is 2.30. The molecule has 0 aliphatic rings. The van der Waals surface area contributed by atoms with Gasteiger partial charge in [0.2, 0.25) is 0 Å². The van der Waals surface area contributed by atoms with Crippen LogP contribution in [0, 0.1) is 0 Å². The third-order valence-corrected chi connectivity index (χ3v) is 22.5. The van der Waals surface area contributed by atoms with Gasteiger partial charge in [-0.25, -0.2) is 9.13 Å². The lowest BCUT2D eigenvalue weighted by Crippen LogP contribution is -2.30. The van der Waals surface area contributed by atoms with E-state index < -0.39 is 97.5 Å². The number of esters is 4. The largest absolute Gasteiger partial charge is 0.472 e. The molecule has 106 heavy (non-hydrogen) atoms. The van der Waals surface area contributed by atoms with E-state index in [9.17, 15) is 43.2 Å². The van der Waals surface area contributed by atoms with Gasteiger partial charge in [-0.05, 0) is 25.7 Å². The SMILES string of the molecule is CCCCCCCCCCCCCCCCCCCCCCCCC(=O)O[C@H](COC(=O)CCCCCCCCCCCCCCCCCCCCCCC)COP(=O)(O)OC[C@@H](O)COP(=O)(O)OC[C@@H](COC(=O)CCCCCCC)OC(=O)CCCCCCCCCCCCCCCCCCCC. The number of carbonyl (C=O) groups excluding carboxylic acids is 4. The minimum Gasteiger partial charge on any atom is -0.462 e. The summed E-state index contributed by atoms with van der Waals surface area (Å²) in [5.41, 5.74) is 0. The van der Waals surface area contributed by atoms with E-state index in [0.29, 0.717) is 25.7 Å². The molecule has 0 fully saturated rings. The Labute approximate surface area is 651 Å². The van der Waals surface area contributed by atoms with Crippen LogP contribution in [-0.4, -0.2) is 96.7 Å². The molecule has 5 atom stereocenters. The molecule has 19 heteroatoms.